The fourth-order valence-corrected chi connectivity index (χ4v) is 3.83. The molecule has 9 heteroatoms. The lowest BCUT2D eigenvalue weighted by molar-refractivity contribution is 0.0395. The Morgan fingerprint density at radius 1 is 0.903 bits per heavy atom. The minimum absolute atomic E-state index is 0.0000546. The van der Waals surface area contributed by atoms with Crippen molar-refractivity contribution in [2.45, 2.75) is 6.10 Å². The Balaban J connectivity index is 1.49. The molecule has 1 aromatic carbocycles. The molecule has 0 bridgehead atoms. The molecule has 0 radical (unpaired) electrons. The summed E-state index contributed by atoms with van der Waals surface area (Å²) in [6, 6.07) is 12.3. The molecule has 2 saturated heterocycles. The van der Waals surface area contributed by atoms with E-state index in [2.05, 4.69) is 31.9 Å². The molecule has 2 aromatic heterocycles. The molecule has 0 aliphatic carbocycles. The molecule has 1 unspecified atom stereocenters. The maximum Gasteiger partial charge on any atom is 0.228 e. The average molecular weight is 419 g/mol. The molecule has 0 spiro atoms. The summed E-state index contributed by atoms with van der Waals surface area (Å²) in [6.45, 7) is 4.98. The lowest BCUT2D eigenvalue weighted by atomic mass is 10.1. The number of hydrogen-bond donors (Lipinski definition) is 1. The lowest BCUT2D eigenvalue weighted by Crippen LogP contribution is -2.40. The van der Waals surface area contributed by atoms with Crippen LogP contribution >= 0.6 is 0 Å². The first-order valence-corrected chi connectivity index (χ1v) is 10.5. The number of nitrogen functional groups attached to an aromatic ring is 1. The summed E-state index contributed by atoms with van der Waals surface area (Å²) >= 11 is 0. The van der Waals surface area contributed by atoms with Gasteiger partial charge in [0.1, 0.15) is 11.9 Å². The Kier molecular flexibility index (Phi) is 5.59. The van der Waals surface area contributed by atoms with Crippen LogP contribution in [0.5, 0.6) is 0 Å². The fraction of sp³-hybridized carbons (Fsp3) is 0.364. The van der Waals surface area contributed by atoms with Gasteiger partial charge in [-0.3, -0.25) is 0 Å². The molecular weight excluding hydrogens is 394 g/mol. The molecule has 2 N–H and O–H groups in total. The number of aromatic nitrogens is 4. The van der Waals surface area contributed by atoms with Crippen LogP contribution in [0, 0.1) is 0 Å². The molecule has 31 heavy (non-hydrogen) atoms. The topological polar surface area (TPSA) is 103 Å². The lowest BCUT2D eigenvalue weighted by Gasteiger charge is -2.35. The van der Waals surface area contributed by atoms with Crippen molar-refractivity contribution >= 4 is 17.7 Å². The number of rotatable bonds is 4. The molecule has 3 aromatic rings. The summed E-state index contributed by atoms with van der Waals surface area (Å²) in [7, 11) is 0. The largest absolute Gasteiger partial charge is 0.378 e. The molecule has 2 aliphatic rings. The molecule has 4 heterocycles. The second-order valence-electron chi connectivity index (χ2n) is 7.56. The second kappa shape index (κ2) is 8.83. The maximum absolute atomic E-state index is 6.04. The van der Waals surface area contributed by atoms with Crippen molar-refractivity contribution in [2.75, 3.05) is 61.5 Å². The van der Waals surface area contributed by atoms with Crippen LogP contribution in [-0.4, -0.2) is 65.9 Å². The van der Waals surface area contributed by atoms with Crippen LogP contribution in [0.2, 0.25) is 0 Å². The quantitative estimate of drug-likeness (QED) is 0.679. The summed E-state index contributed by atoms with van der Waals surface area (Å²) in [4.78, 5) is 22.4. The first-order chi connectivity index (χ1) is 15.3. The van der Waals surface area contributed by atoms with Gasteiger partial charge in [0.2, 0.25) is 11.9 Å². The Morgan fingerprint density at radius 3 is 2.42 bits per heavy atom. The predicted molar refractivity (Wildman–Crippen MR) is 118 cm³/mol. The van der Waals surface area contributed by atoms with Crippen LogP contribution < -0.4 is 15.5 Å². The van der Waals surface area contributed by atoms with Crippen LogP contribution in [0.15, 0.2) is 48.8 Å². The van der Waals surface area contributed by atoms with Crippen molar-refractivity contribution in [3.8, 4) is 11.3 Å². The standard InChI is InChI=1S/C22H25N7O2/c23-21-24-13-17(14-25-21)18-12-20(27-22(26-18)28-6-9-30-10-7-28)29-8-11-31-19(15-29)16-4-2-1-3-5-16/h1-5,12-14,19H,6-11,15H2,(H2,23,24,25). The van der Waals surface area contributed by atoms with E-state index in [0.29, 0.717) is 25.8 Å². The average Bonchev–Trinajstić information content (AvgIpc) is 2.85. The Bertz CT molecular complexity index is 1010. The molecule has 2 fully saturated rings. The van der Waals surface area contributed by atoms with E-state index < -0.39 is 0 Å². The Hall–Kier alpha value is -3.30. The predicted octanol–water partition coefficient (Wildman–Crippen LogP) is 1.93. The smallest absolute Gasteiger partial charge is 0.228 e. The van der Waals surface area contributed by atoms with Crippen molar-refractivity contribution in [2.24, 2.45) is 0 Å². The zero-order valence-electron chi connectivity index (χ0n) is 17.2. The van der Waals surface area contributed by atoms with Crippen LogP contribution in [0.4, 0.5) is 17.7 Å². The number of benzene rings is 1. The minimum atomic E-state index is 0.0000546. The van der Waals surface area contributed by atoms with E-state index in [1.807, 2.05) is 24.3 Å². The highest BCUT2D eigenvalue weighted by Crippen LogP contribution is 2.29. The molecular formula is C22H25N7O2. The van der Waals surface area contributed by atoms with Gasteiger partial charge in [-0.15, -0.1) is 0 Å². The third kappa shape index (κ3) is 4.42. The Labute approximate surface area is 180 Å². The van der Waals surface area contributed by atoms with E-state index in [-0.39, 0.29) is 12.1 Å². The van der Waals surface area contributed by atoms with Gasteiger partial charge < -0.3 is 25.0 Å². The molecule has 0 saturated carbocycles. The first-order valence-electron chi connectivity index (χ1n) is 10.5. The van der Waals surface area contributed by atoms with Crippen LogP contribution in [-0.2, 0) is 9.47 Å². The number of morpholine rings is 2. The summed E-state index contributed by atoms with van der Waals surface area (Å²) in [5.41, 5.74) is 8.42. The molecule has 160 valence electrons. The van der Waals surface area contributed by atoms with E-state index in [4.69, 9.17) is 25.2 Å². The Morgan fingerprint density at radius 2 is 1.65 bits per heavy atom. The molecule has 2 aliphatic heterocycles. The van der Waals surface area contributed by atoms with Gasteiger partial charge in [-0.1, -0.05) is 30.3 Å². The molecule has 1 atom stereocenters. The number of ether oxygens (including phenoxy) is 2. The van der Waals surface area contributed by atoms with E-state index >= 15 is 0 Å². The van der Waals surface area contributed by atoms with Gasteiger partial charge in [-0.25, -0.2) is 15.0 Å². The summed E-state index contributed by atoms with van der Waals surface area (Å²) in [5, 5.41) is 0. The zero-order chi connectivity index (χ0) is 21.0. The maximum atomic E-state index is 6.04. The monoisotopic (exact) mass is 419 g/mol. The summed E-state index contributed by atoms with van der Waals surface area (Å²) in [6.07, 6.45) is 3.40. The summed E-state index contributed by atoms with van der Waals surface area (Å²) < 4.78 is 11.5. The van der Waals surface area contributed by atoms with Gasteiger partial charge in [0.15, 0.2) is 0 Å². The molecule has 9 nitrogen and oxygen atoms in total. The zero-order valence-corrected chi connectivity index (χ0v) is 17.2. The second-order valence-corrected chi connectivity index (χ2v) is 7.56. The van der Waals surface area contributed by atoms with E-state index in [9.17, 15) is 0 Å². The van der Waals surface area contributed by atoms with E-state index in [0.717, 1.165) is 43.3 Å². The number of nitrogens with zero attached hydrogens (tertiary/aromatic N) is 6. The molecule has 0 amide bonds. The SMILES string of the molecule is Nc1ncc(-c2cc(N3CCOC(c4ccccc4)C3)nc(N3CCOCC3)n2)cn1. The van der Waals surface area contributed by atoms with Gasteiger partial charge in [0.25, 0.3) is 0 Å². The van der Waals surface area contributed by atoms with Gasteiger partial charge in [0, 0.05) is 50.2 Å². The third-order valence-electron chi connectivity index (χ3n) is 5.52. The first kappa shape index (κ1) is 19.7. The number of hydrogen-bond acceptors (Lipinski definition) is 9. The van der Waals surface area contributed by atoms with Crippen molar-refractivity contribution in [3.63, 3.8) is 0 Å². The van der Waals surface area contributed by atoms with E-state index in [1.54, 1.807) is 12.4 Å². The van der Waals surface area contributed by atoms with Crippen molar-refractivity contribution in [3.05, 3.63) is 54.4 Å². The fourth-order valence-electron chi connectivity index (χ4n) is 3.83. The van der Waals surface area contributed by atoms with Gasteiger partial charge >= 0.3 is 0 Å². The van der Waals surface area contributed by atoms with Crippen LogP contribution in [0.3, 0.4) is 0 Å². The third-order valence-corrected chi connectivity index (χ3v) is 5.52. The highest BCUT2D eigenvalue weighted by Gasteiger charge is 2.25. The van der Waals surface area contributed by atoms with Crippen LogP contribution in [0.1, 0.15) is 11.7 Å². The van der Waals surface area contributed by atoms with Crippen LogP contribution in [0.25, 0.3) is 11.3 Å². The highest BCUT2D eigenvalue weighted by atomic mass is 16.5. The molecule has 5 rings (SSSR count). The van der Waals surface area contributed by atoms with Crippen molar-refractivity contribution < 1.29 is 9.47 Å². The summed E-state index contributed by atoms with van der Waals surface area (Å²) in [5.74, 6) is 1.80. The minimum Gasteiger partial charge on any atom is -0.378 e. The van der Waals surface area contributed by atoms with Gasteiger partial charge in [-0.05, 0) is 5.56 Å². The van der Waals surface area contributed by atoms with Gasteiger partial charge in [-0.2, -0.15) is 4.98 Å². The number of anilines is 3. The van der Waals surface area contributed by atoms with Crippen molar-refractivity contribution in [1.82, 2.24) is 19.9 Å². The number of nitrogens with two attached hydrogens (primary N) is 1. The normalized spacial score (nSPS) is 19.4. The van der Waals surface area contributed by atoms with Crippen molar-refractivity contribution in [1.29, 1.82) is 0 Å². The highest BCUT2D eigenvalue weighted by molar-refractivity contribution is 5.64. The van der Waals surface area contributed by atoms with E-state index in [1.165, 1.54) is 5.56 Å². The van der Waals surface area contributed by atoms with Gasteiger partial charge in [0.05, 0.1) is 25.5 Å².